The minimum Gasteiger partial charge on any atom is -0.491 e. The fourth-order valence-electron chi connectivity index (χ4n) is 4.58. The second-order valence-corrected chi connectivity index (χ2v) is 7.86. The zero-order chi connectivity index (χ0) is 18.4. The number of allylic oxidation sites excluding steroid dienone is 1. The van der Waals surface area contributed by atoms with Gasteiger partial charge in [-0.3, -0.25) is 0 Å². The minimum atomic E-state index is -0.604. The monoisotopic (exact) mass is 360 g/mol. The Morgan fingerprint density at radius 2 is 1.92 bits per heavy atom. The maximum atomic E-state index is 10.4. The number of hydrogen-bond acceptors (Lipinski definition) is 4. The quantitative estimate of drug-likeness (QED) is 0.441. The van der Waals surface area contributed by atoms with Gasteiger partial charge in [0.15, 0.2) is 0 Å². The van der Waals surface area contributed by atoms with Crippen molar-refractivity contribution in [2.24, 2.45) is 11.3 Å². The molecule has 1 spiro atoms. The van der Waals surface area contributed by atoms with Crippen LogP contribution in [0.4, 0.5) is 0 Å². The third kappa shape index (κ3) is 4.67. The van der Waals surface area contributed by atoms with E-state index in [2.05, 4.69) is 0 Å². The van der Waals surface area contributed by atoms with Crippen molar-refractivity contribution in [3.8, 4) is 5.75 Å². The van der Waals surface area contributed by atoms with Crippen LogP contribution in [-0.4, -0.2) is 40.7 Å². The van der Waals surface area contributed by atoms with Crippen molar-refractivity contribution < 1.29 is 20.1 Å². The van der Waals surface area contributed by atoms with Crippen LogP contribution in [0, 0.1) is 11.3 Å². The van der Waals surface area contributed by atoms with E-state index in [0.29, 0.717) is 5.92 Å². The first kappa shape index (κ1) is 19.4. The van der Waals surface area contributed by atoms with Gasteiger partial charge in [0.05, 0.1) is 6.10 Å². The molecule has 2 unspecified atom stereocenters. The number of aliphatic hydroxyl groups is 3. The SMILES string of the molecule is OCCCCCC[C@H]1[C@@H](O)CCC12C/C2=C\C(O)COc1ccccc1. The van der Waals surface area contributed by atoms with Gasteiger partial charge >= 0.3 is 0 Å². The van der Waals surface area contributed by atoms with Crippen molar-refractivity contribution in [2.45, 2.75) is 63.6 Å². The average Bonchev–Trinajstić information content (AvgIpc) is 3.25. The second-order valence-electron chi connectivity index (χ2n) is 7.86. The van der Waals surface area contributed by atoms with Gasteiger partial charge in [-0.15, -0.1) is 0 Å². The standard InChI is InChI=1S/C22H32O4/c23-13-7-2-1-6-10-20-21(25)11-12-22(20)15-17(22)14-18(24)16-26-19-8-4-3-5-9-19/h3-5,8-9,14,18,20-21,23-25H,1-2,6-7,10-13,15-16H2/b17-14+/t18?,20-,21-,22?/m0/s1. The lowest BCUT2D eigenvalue weighted by Crippen LogP contribution is -2.21. The van der Waals surface area contributed by atoms with Gasteiger partial charge in [-0.2, -0.15) is 0 Å². The third-order valence-corrected chi connectivity index (χ3v) is 6.06. The largest absolute Gasteiger partial charge is 0.491 e. The summed E-state index contributed by atoms with van der Waals surface area (Å²) in [5.41, 5.74) is 1.43. The molecule has 0 saturated heterocycles. The third-order valence-electron chi connectivity index (χ3n) is 6.06. The molecule has 4 nitrogen and oxygen atoms in total. The molecular weight excluding hydrogens is 328 g/mol. The van der Waals surface area contributed by atoms with Crippen molar-refractivity contribution in [1.82, 2.24) is 0 Å². The van der Waals surface area contributed by atoms with Gasteiger partial charge in [-0.25, -0.2) is 0 Å². The second kappa shape index (κ2) is 9.03. The van der Waals surface area contributed by atoms with Crippen molar-refractivity contribution in [2.75, 3.05) is 13.2 Å². The molecule has 0 bridgehead atoms. The Hall–Kier alpha value is -1.36. The maximum absolute atomic E-state index is 10.4. The molecule has 2 aliphatic carbocycles. The summed E-state index contributed by atoms with van der Waals surface area (Å²) in [7, 11) is 0. The van der Waals surface area contributed by atoms with Gasteiger partial charge in [-0.05, 0) is 50.2 Å². The molecule has 2 fully saturated rings. The van der Waals surface area contributed by atoms with Gasteiger partial charge in [0, 0.05) is 12.0 Å². The highest BCUT2D eigenvalue weighted by Gasteiger charge is 2.59. The van der Waals surface area contributed by atoms with Gasteiger partial charge in [0.25, 0.3) is 0 Å². The van der Waals surface area contributed by atoms with Crippen LogP contribution in [0.25, 0.3) is 0 Å². The summed E-state index contributed by atoms with van der Waals surface area (Å²) in [5, 5.41) is 29.6. The van der Waals surface area contributed by atoms with Crippen molar-refractivity contribution in [3.63, 3.8) is 0 Å². The molecule has 3 rings (SSSR count). The van der Waals surface area contributed by atoms with E-state index in [1.54, 1.807) is 0 Å². The molecule has 26 heavy (non-hydrogen) atoms. The summed E-state index contributed by atoms with van der Waals surface area (Å²) in [5.74, 6) is 1.10. The van der Waals surface area contributed by atoms with Crippen LogP contribution in [0.3, 0.4) is 0 Å². The Morgan fingerprint density at radius 3 is 2.69 bits per heavy atom. The van der Waals surface area contributed by atoms with Crippen LogP contribution >= 0.6 is 0 Å². The highest BCUT2D eigenvalue weighted by Crippen LogP contribution is 2.66. The topological polar surface area (TPSA) is 69.9 Å². The van der Waals surface area contributed by atoms with E-state index in [1.165, 1.54) is 5.57 Å². The molecular formula is C22H32O4. The van der Waals surface area contributed by atoms with Crippen LogP contribution in [0.5, 0.6) is 5.75 Å². The van der Waals surface area contributed by atoms with Gasteiger partial charge in [-0.1, -0.05) is 49.1 Å². The molecule has 1 aromatic carbocycles. The maximum Gasteiger partial charge on any atom is 0.119 e. The summed E-state index contributed by atoms with van der Waals surface area (Å²) >= 11 is 0. The Balaban J connectivity index is 1.49. The number of aliphatic hydroxyl groups excluding tert-OH is 3. The molecule has 3 N–H and O–H groups in total. The molecule has 0 radical (unpaired) electrons. The molecule has 0 amide bonds. The molecule has 4 atom stereocenters. The molecule has 0 aliphatic heterocycles. The van der Waals surface area contributed by atoms with E-state index in [-0.39, 0.29) is 24.7 Å². The molecule has 0 heterocycles. The lowest BCUT2D eigenvalue weighted by molar-refractivity contribution is 0.106. The normalized spacial score (nSPS) is 30.0. The molecule has 0 aromatic heterocycles. The van der Waals surface area contributed by atoms with Gasteiger partial charge in [0.2, 0.25) is 0 Å². The highest BCUT2D eigenvalue weighted by molar-refractivity contribution is 5.37. The summed E-state index contributed by atoms with van der Waals surface area (Å²) in [6.45, 7) is 0.532. The lowest BCUT2D eigenvalue weighted by atomic mass is 9.85. The first-order valence-corrected chi connectivity index (χ1v) is 10.0. The Kier molecular flexibility index (Phi) is 6.74. The van der Waals surface area contributed by atoms with Gasteiger partial charge < -0.3 is 20.1 Å². The Morgan fingerprint density at radius 1 is 1.15 bits per heavy atom. The van der Waals surface area contributed by atoms with Crippen molar-refractivity contribution in [3.05, 3.63) is 42.0 Å². The van der Waals surface area contributed by atoms with E-state index in [4.69, 9.17) is 9.84 Å². The summed E-state index contributed by atoms with van der Waals surface area (Å²) in [6, 6.07) is 9.55. The fourth-order valence-corrected chi connectivity index (χ4v) is 4.58. The predicted octanol–water partition coefficient (Wildman–Crippen LogP) is 3.46. The van der Waals surface area contributed by atoms with E-state index in [9.17, 15) is 10.2 Å². The molecule has 2 aliphatic rings. The van der Waals surface area contributed by atoms with Crippen LogP contribution in [-0.2, 0) is 0 Å². The molecule has 4 heteroatoms. The first-order valence-electron chi connectivity index (χ1n) is 10.0. The Bertz CT molecular complexity index is 585. The smallest absolute Gasteiger partial charge is 0.119 e. The number of benzene rings is 1. The fraction of sp³-hybridized carbons (Fsp3) is 0.636. The Labute approximate surface area is 156 Å². The minimum absolute atomic E-state index is 0.129. The highest BCUT2D eigenvalue weighted by atomic mass is 16.5. The number of unbranched alkanes of at least 4 members (excludes halogenated alkanes) is 3. The van der Waals surface area contributed by atoms with Crippen LogP contribution in [0.1, 0.15) is 51.4 Å². The zero-order valence-corrected chi connectivity index (χ0v) is 15.5. The predicted molar refractivity (Wildman–Crippen MR) is 102 cm³/mol. The summed E-state index contributed by atoms with van der Waals surface area (Å²) < 4.78 is 5.63. The average molecular weight is 360 g/mol. The van der Waals surface area contributed by atoms with Crippen molar-refractivity contribution >= 4 is 0 Å². The summed E-state index contributed by atoms with van der Waals surface area (Å²) in [6.07, 6.45) is 9.26. The zero-order valence-electron chi connectivity index (χ0n) is 15.5. The van der Waals surface area contributed by atoms with Gasteiger partial charge in [0.1, 0.15) is 18.5 Å². The van der Waals surface area contributed by atoms with E-state index >= 15 is 0 Å². The number of rotatable bonds is 10. The van der Waals surface area contributed by atoms with E-state index in [1.807, 2.05) is 36.4 Å². The molecule has 2 saturated carbocycles. The van der Waals surface area contributed by atoms with Crippen LogP contribution in [0.15, 0.2) is 42.0 Å². The lowest BCUT2D eigenvalue weighted by Gasteiger charge is -2.21. The summed E-state index contributed by atoms with van der Waals surface area (Å²) in [4.78, 5) is 0. The number of para-hydroxylation sites is 1. The molecule has 144 valence electrons. The van der Waals surface area contributed by atoms with Crippen molar-refractivity contribution in [1.29, 1.82) is 0 Å². The van der Waals surface area contributed by atoms with Crippen LogP contribution in [0.2, 0.25) is 0 Å². The van der Waals surface area contributed by atoms with E-state index in [0.717, 1.165) is 57.1 Å². The molecule has 1 aromatic rings. The van der Waals surface area contributed by atoms with Crippen LogP contribution < -0.4 is 4.74 Å². The number of ether oxygens (including phenoxy) is 1. The first-order chi connectivity index (χ1) is 12.7. The number of hydrogen-bond donors (Lipinski definition) is 3. The van der Waals surface area contributed by atoms with E-state index < -0.39 is 6.10 Å².